The topological polar surface area (TPSA) is 144 Å². The van der Waals surface area contributed by atoms with Crippen LogP contribution < -0.4 is 91.2 Å². The molecule has 0 aromatic heterocycles. The third-order valence-corrected chi connectivity index (χ3v) is 2.00. The molecule has 0 rings (SSSR count). The molecule has 0 heterocycles. The van der Waals surface area contributed by atoms with Crippen molar-refractivity contribution in [3.63, 3.8) is 0 Å². The van der Waals surface area contributed by atoms with Gasteiger partial charge in [0.15, 0.2) is 0 Å². The maximum atomic E-state index is 11.2. The second-order valence-electron chi connectivity index (χ2n) is 3.72. The van der Waals surface area contributed by atoms with E-state index in [0.29, 0.717) is 0 Å². The van der Waals surface area contributed by atoms with Crippen LogP contribution in [0, 0.1) is 0 Å². The molecule has 22 heavy (non-hydrogen) atoms. The number of rotatable bonds is 7. The Kier molecular flexibility index (Phi) is 16.7. The third-order valence-electron chi connectivity index (χ3n) is 2.00. The molecule has 0 radical (unpaired) electrons. The number of hydrogen-bond acceptors (Lipinski definition) is 8. The summed E-state index contributed by atoms with van der Waals surface area (Å²) in [7, 11) is 0. The van der Waals surface area contributed by atoms with Crippen LogP contribution >= 0.6 is 0 Å². The minimum absolute atomic E-state index is 0. The van der Waals surface area contributed by atoms with Crippen LogP contribution in [0.1, 0.15) is 19.8 Å². The Morgan fingerprint density at radius 3 is 2.09 bits per heavy atom. The summed E-state index contributed by atoms with van der Waals surface area (Å²) in [6.07, 6.45) is 2.59. The number of aliphatic hydroxyl groups is 1. The SMILES string of the molecule is C/C=C/C=C/C(=O)OC(=O)CC(O)(CC(=O)[O-])C(=O)[O-].[K+].[Na+]. The second-order valence-corrected chi connectivity index (χ2v) is 3.72. The summed E-state index contributed by atoms with van der Waals surface area (Å²) in [5.74, 6) is -6.59. The molecule has 0 aromatic carbocycles. The van der Waals surface area contributed by atoms with Crippen LogP contribution in [-0.2, 0) is 23.9 Å². The van der Waals surface area contributed by atoms with Crippen LogP contribution in [-0.4, -0.2) is 34.6 Å². The van der Waals surface area contributed by atoms with Crippen LogP contribution in [0.15, 0.2) is 24.3 Å². The van der Waals surface area contributed by atoms with E-state index in [2.05, 4.69) is 4.74 Å². The molecule has 1 unspecified atom stereocenters. The number of aliphatic carboxylic acids is 2. The van der Waals surface area contributed by atoms with Gasteiger partial charge < -0.3 is 29.6 Å². The van der Waals surface area contributed by atoms with Gasteiger partial charge in [0.05, 0.1) is 12.4 Å². The molecule has 0 spiro atoms. The largest absolute Gasteiger partial charge is 1.00 e. The summed E-state index contributed by atoms with van der Waals surface area (Å²) in [6.45, 7) is 1.68. The quantitative estimate of drug-likeness (QED) is 0.157. The van der Waals surface area contributed by atoms with E-state index in [4.69, 9.17) is 0 Å². The van der Waals surface area contributed by atoms with E-state index in [0.717, 1.165) is 6.08 Å². The van der Waals surface area contributed by atoms with E-state index in [-0.39, 0.29) is 80.9 Å². The summed E-state index contributed by atoms with van der Waals surface area (Å²) in [6, 6.07) is 0. The first-order chi connectivity index (χ1) is 9.21. The standard InChI is InChI=1S/C12H14O8.K.Na/c1-2-3-4-5-9(15)20-10(16)7-12(19,11(17)18)6-8(13)14;;/h2-5,19H,6-7H2,1H3,(H,13,14)(H,17,18);;/q;2*+1/p-2/b3-2+,5-4+;;. The van der Waals surface area contributed by atoms with Gasteiger partial charge in [-0.1, -0.05) is 18.2 Å². The average Bonchev–Trinajstić information content (AvgIpc) is 2.27. The van der Waals surface area contributed by atoms with Gasteiger partial charge in [-0.15, -0.1) is 0 Å². The average molecular weight is 346 g/mol. The van der Waals surface area contributed by atoms with Crippen molar-refractivity contribution in [3.05, 3.63) is 24.3 Å². The van der Waals surface area contributed by atoms with Gasteiger partial charge in [-0.05, 0) is 6.92 Å². The van der Waals surface area contributed by atoms with Gasteiger partial charge in [0.25, 0.3) is 0 Å². The van der Waals surface area contributed by atoms with Gasteiger partial charge in [-0.2, -0.15) is 0 Å². The van der Waals surface area contributed by atoms with E-state index >= 15 is 0 Å². The number of carbonyl (C=O) groups excluding carboxylic acids is 4. The van der Waals surface area contributed by atoms with Gasteiger partial charge in [-0.25, -0.2) is 4.79 Å². The van der Waals surface area contributed by atoms with Crippen LogP contribution in [0.2, 0.25) is 0 Å². The molecule has 0 aliphatic carbocycles. The third kappa shape index (κ3) is 11.7. The number of carboxylic acids is 2. The van der Waals surface area contributed by atoms with E-state index < -0.39 is 42.3 Å². The fourth-order valence-corrected chi connectivity index (χ4v) is 1.11. The van der Waals surface area contributed by atoms with Crippen LogP contribution in [0.3, 0.4) is 0 Å². The molecule has 1 atom stereocenters. The Bertz CT molecular complexity index is 474. The predicted octanol–water partition coefficient (Wildman–Crippen LogP) is -8.79. The van der Waals surface area contributed by atoms with Crippen LogP contribution in [0.5, 0.6) is 0 Å². The molecule has 8 nitrogen and oxygen atoms in total. The molecule has 0 aliphatic heterocycles. The molecule has 0 saturated carbocycles. The summed E-state index contributed by atoms with van der Waals surface area (Å²) < 4.78 is 4.16. The Labute approximate surface area is 191 Å². The Morgan fingerprint density at radius 1 is 1.14 bits per heavy atom. The van der Waals surface area contributed by atoms with Gasteiger partial charge >= 0.3 is 92.9 Å². The number of carbonyl (C=O) groups is 4. The number of allylic oxidation sites excluding steroid dienone is 3. The van der Waals surface area contributed by atoms with Crippen LogP contribution in [0.25, 0.3) is 0 Å². The van der Waals surface area contributed by atoms with E-state index in [1.165, 1.54) is 12.2 Å². The first-order valence-corrected chi connectivity index (χ1v) is 5.39. The minimum Gasteiger partial charge on any atom is -0.550 e. The van der Waals surface area contributed by atoms with Gasteiger partial charge in [0.1, 0.15) is 5.60 Å². The zero-order valence-electron chi connectivity index (χ0n) is 12.5. The summed E-state index contributed by atoms with van der Waals surface area (Å²) in [5.41, 5.74) is -3.00. The summed E-state index contributed by atoms with van der Waals surface area (Å²) in [4.78, 5) is 43.2. The van der Waals surface area contributed by atoms with Crippen molar-refractivity contribution in [2.24, 2.45) is 0 Å². The molecule has 0 aromatic rings. The van der Waals surface area contributed by atoms with Gasteiger partial charge in [-0.3, -0.25) is 4.79 Å². The Morgan fingerprint density at radius 2 is 1.68 bits per heavy atom. The van der Waals surface area contributed by atoms with Crippen LogP contribution in [0.4, 0.5) is 0 Å². The molecular formula is C12H12KNaO8. The maximum Gasteiger partial charge on any atom is 1.00 e. The minimum atomic E-state index is -3.00. The predicted molar refractivity (Wildman–Crippen MR) is 59.3 cm³/mol. The molecule has 1 N–H and O–H groups in total. The van der Waals surface area contributed by atoms with E-state index in [9.17, 15) is 34.5 Å². The van der Waals surface area contributed by atoms with Crippen molar-refractivity contribution in [2.45, 2.75) is 25.4 Å². The fraction of sp³-hybridized carbons (Fsp3) is 0.333. The van der Waals surface area contributed by atoms with Gasteiger partial charge in [0, 0.05) is 18.5 Å². The summed E-state index contributed by atoms with van der Waals surface area (Å²) in [5, 5.41) is 30.4. The monoisotopic (exact) mass is 346 g/mol. The van der Waals surface area contributed by atoms with Crippen molar-refractivity contribution >= 4 is 23.9 Å². The van der Waals surface area contributed by atoms with Gasteiger partial charge in [0.2, 0.25) is 0 Å². The van der Waals surface area contributed by atoms with Crippen molar-refractivity contribution in [3.8, 4) is 0 Å². The number of carboxylic acid groups (broad SMARTS) is 2. The molecular weight excluding hydrogens is 334 g/mol. The Balaban J connectivity index is -0.00000180. The summed E-state index contributed by atoms with van der Waals surface area (Å²) >= 11 is 0. The maximum absolute atomic E-state index is 11.2. The molecule has 10 heteroatoms. The van der Waals surface area contributed by atoms with Crippen molar-refractivity contribution in [1.82, 2.24) is 0 Å². The smallest absolute Gasteiger partial charge is 0.550 e. The first kappa shape index (κ1) is 27.0. The van der Waals surface area contributed by atoms with E-state index in [1.807, 2.05) is 0 Å². The Hall–Kier alpha value is 0.156. The van der Waals surface area contributed by atoms with Crippen molar-refractivity contribution in [2.75, 3.05) is 0 Å². The fourth-order valence-electron chi connectivity index (χ4n) is 1.11. The zero-order chi connectivity index (χ0) is 15.8. The molecule has 0 amide bonds. The number of esters is 2. The molecule has 0 saturated heterocycles. The van der Waals surface area contributed by atoms with Crippen molar-refractivity contribution in [1.29, 1.82) is 0 Å². The molecule has 0 aliphatic rings. The molecule has 110 valence electrons. The number of ether oxygens (including phenoxy) is 1. The van der Waals surface area contributed by atoms with E-state index in [1.54, 1.807) is 13.0 Å². The molecule has 0 fully saturated rings. The normalized spacial score (nSPS) is 12.8. The second kappa shape index (κ2) is 13.6. The molecule has 0 bridgehead atoms. The first-order valence-electron chi connectivity index (χ1n) is 5.39. The number of hydrogen-bond donors (Lipinski definition) is 1. The zero-order valence-corrected chi connectivity index (χ0v) is 17.7. The van der Waals surface area contributed by atoms with Crippen molar-refractivity contribution < 1.29 is 120 Å².